The fraction of sp³-hybridized carbons (Fsp3) is 1.00. The lowest BCUT2D eigenvalue weighted by atomic mass is 9.89. The smallest absolute Gasteiger partial charge is 0.0587 e. The van der Waals surface area contributed by atoms with Crippen molar-refractivity contribution >= 4 is 0 Å². The molecule has 0 radical (unpaired) electrons. The van der Waals surface area contributed by atoms with Gasteiger partial charge < -0.3 is 15.0 Å². The van der Waals surface area contributed by atoms with Crippen LogP contribution in [0.2, 0.25) is 0 Å². The van der Waals surface area contributed by atoms with Crippen molar-refractivity contribution in [1.82, 2.24) is 10.2 Å². The van der Waals surface area contributed by atoms with Crippen LogP contribution in [-0.2, 0) is 4.74 Å². The van der Waals surface area contributed by atoms with Gasteiger partial charge in [0, 0.05) is 13.7 Å². The lowest BCUT2D eigenvalue weighted by Gasteiger charge is -2.21. The van der Waals surface area contributed by atoms with E-state index in [1.165, 1.54) is 51.7 Å². The van der Waals surface area contributed by atoms with Crippen LogP contribution in [0.25, 0.3) is 0 Å². The number of unbranched alkanes of at least 4 members (excludes halogenated alkanes) is 1. The predicted molar refractivity (Wildman–Crippen MR) is 82.6 cm³/mol. The summed E-state index contributed by atoms with van der Waals surface area (Å²) in [5, 5.41) is 3.41. The topological polar surface area (TPSA) is 24.5 Å². The van der Waals surface area contributed by atoms with E-state index in [-0.39, 0.29) is 0 Å². The van der Waals surface area contributed by atoms with Gasteiger partial charge >= 0.3 is 0 Å². The zero-order valence-electron chi connectivity index (χ0n) is 13.3. The van der Waals surface area contributed by atoms with Gasteiger partial charge in [-0.2, -0.15) is 0 Å². The molecule has 0 bridgehead atoms. The van der Waals surface area contributed by atoms with Crippen molar-refractivity contribution in [3.8, 4) is 0 Å². The van der Waals surface area contributed by atoms with Crippen LogP contribution in [0.5, 0.6) is 0 Å². The van der Waals surface area contributed by atoms with Gasteiger partial charge in [0.15, 0.2) is 0 Å². The Morgan fingerprint density at radius 3 is 2.74 bits per heavy atom. The van der Waals surface area contributed by atoms with Crippen molar-refractivity contribution in [1.29, 1.82) is 0 Å². The number of methoxy groups -OCH3 is 1. The Kier molecular flexibility index (Phi) is 9.48. The number of rotatable bonds is 9. The Bertz CT molecular complexity index is 209. The monoisotopic (exact) mass is 270 g/mol. The first-order valence-electron chi connectivity index (χ1n) is 8.16. The van der Waals surface area contributed by atoms with Crippen molar-refractivity contribution in [2.45, 2.75) is 46.0 Å². The van der Waals surface area contributed by atoms with Crippen LogP contribution in [0, 0.1) is 11.8 Å². The second kappa shape index (κ2) is 10.6. The zero-order chi connectivity index (χ0) is 13.9. The molecule has 0 spiro atoms. The van der Waals surface area contributed by atoms with Gasteiger partial charge in [-0.3, -0.25) is 0 Å². The highest BCUT2D eigenvalue weighted by Crippen LogP contribution is 2.24. The summed E-state index contributed by atoms with van der Waals surface area (Å²) in [4.78, 5) is 2.68. The summed E-state index contributed by atoms with van der Waals surface area (Å²) in [6.45, 7) is 11.6. The minimum absolute atomic E-state index is 0.822. The normalized spacial score (nSPS) is 21.8. The van der Waals surface area contributed by atoms with Crippen LogP contribution in [0.4, 0.5) is 0 Å². The molecule has 1 saturated heterocycles. The van der Waals surface area contributed by atoms with E-state index in [0.717, 1.165) is 31.5 Å². The summed E-state index contributed by atoms with van der Waals surface area (Å²) >= 11 is 0. The van der Waals surface area contributed by atoms with Crippen LogP contribution in [0.15, 0.2) is 0 Å². The quantitative estimate of drug-likeness (QED) is 0.652. The molecule has 3 heteroatoms. The van der Waals surface area contributed by atoms with Crippen LogP contribution in [0.3, 0.4) is 0 Å². The van der Waals surface area contributed by atoms with Gasteiger partial charge in [0.25, 0.3) is 0 Å². The van der Waals surface area contributed by atoms with Gasteiger partial charge in [-0.05, 0) is 70.1 Å². The average Bonchev–Trinajstić information content (AvgIpc) is 2.63. The Morgan fingerprint density at radius 1 is 1.16 bits per heavy atom. The molecule has 0 aromatic rings. The van der Waals surface area contributed by atoms with E-state index in [1.54, 1.807) is 7.11 Å². The third kappa shape index (κ3) is 7.91. The number of nitrogens with one attached hydrogen (secondary N) is 1. The van der Waals surface area contributed by atoms with Gasteiger partial charge in [-0.15, -0.1) is 0 Å². The molecule has 1 rings (SSSR count). The van der Waals surface area contributed by atoms with Crippen molar-refractivity contribution < 1.29 is 4.74 Å². The summed E-state index contributed by atoms with van der Waals surface area (Å²) in [5.74, 6) is 1.82. The number of ether oxygens (including phenoxy) is 1. The van der Waals surface area contributed by atoms with E-state index in [0.29, 0.717) is 0 Å². The van der Waals surface area contributed by atoms with E-state index in [9.17, 15) is 0 Å². The molecule has 0 saturated carbocycles. The van der Waals surface area contributed by atoms with E-state index >= 15 is 0 Å². The van der Waals surface area contributed by atoms with Crippen LogP contribution in [0.1, 0.15) is 46.0 Å². The van der Waals surface area contributed by atoms with Gasteiger partial charge in [-0.1, -0.05) is 13.8 Å². The van der Waals surface area contributed by atoms with Crippen LogP contribution in [-0.4, -0.2) is 51.3 Å². The maximum absolute atomic E-state index is 5.02. The first kappa shape index (κ1) is 16.9. The van der Waals surface area contributed by atoms with Gasteiger partial charge in [0.1, 0.15) is 0 Å². The molecule has 1 unspecified atom stereocenters. The molecule has 1 aliphatic rings. The van der Waals surface area contributed by atoms with Gasteiger partial charge in [0.05, 0.1) is 6.61 Å². The minimum Gasteiger partial charge on any atom is -0.383 e. The third-order valence-corrected chi connectivity index (χ3v) is 4.37. The highest BCUT2D eigenvalue weighted by molar-refractivity contribution is 4.72. The average molecular weight is 270 g/mol. The molecule has 0 aromatic heterocycles. The molecule has 3 nitrogen and oxygen atoms in total. The second-order valence-electron chi connectivity index (χ2n) is 6.23. The summed E-state index contributed by atoms with van der Waals surface area (Å²) in [6, 6.07) is 0. The van der Waals surface area contributed by atoms with E-state index in [2.05, 4.69) is 24.1 Å². The molecule has 1 fully saturated rings. The molecule has 1 atom stereocenters. The summed E-state index contributed by atoms with van der Waals surface area (Å²) in [5.41, 5.74) is 0. The van der Waals surface area contributed by atoms with E-state index in [1.807, 2.05) is 0 Å². The van der Waals surface area contributed by atoms with Crippen LogP contribution >= 0.6 is 0 Å². The highest BCUT2D eigenvalue weighted by atomic mass is 16.5. The molecule has 19 heavy (non-hydrogen) atoms. The van der Waals surface area contributed by atoms with Crippen molar-refractivity contribution in [2.75, 3.05) is 46.4 Å². The Hall–Kier alpha value is -0.120. The van der Waals surface area contributed by atoms with Crippen molar-refractivity contribution in [3.05, 3.63) is 0 Å². The zero-order valence-corrected chi connectivity index (χ0v) is 13.3. The fourth-order valence-electron chi connectivity index (χ4n) is 2.96. The molecule has 1 aliphatic heterocycles. The van der Waals surface area contributed by atoms with Crippen molar-refractivity contribution in [3.63, 3.8) is 0 Å². The predicted octanol–water partition coefficient (Wildman–Crippen LogP) is 2.76. The van der Waals surface area contributed by atoms with Gasteiger partial charge in [0.2, 0.25) is 0 Å². The number of likely N-dealkylation sites (tertiary alicyclic amines) is 1. The third-order valence-electron chi connectivity index (χ3n) is 4.37. The molecule has 1 N–H and O–H groups in total. The highest BCUT2D eigenvalue weighted by Gasteiger charge is 2.18. The summed E-state index contributed by atoms with van der Waals surface area (Å²) in [6.07, 6.45) is 6.85. The Morgan fingerprint density at radius 2 is 2.00 bits per heavy atom. The molecule has 0 amide bonds. The van der Waals surface area contributed by atoms with Gasteiger partial charge in [-0.25, -0.2) is 0 Å². The number of hydrogen-bond donors (Lipinski definition) is 1. The first-order chi connectivity index (χ1) is 9.24. The second-order valence-corrected chi connectivity index (χ2v) is 6.23. The largest absolute Gasteiger partial charge is 0.383 e. The standard InChI is InChI=1S/C16H34N2O/c1-15(2)16-7-6-12-18(13-8-16)11-5-4-9-17-10-14-19-3/h15-17H,4-14H2,1-3H3. The number of nitrogens with zero attached hydrogens (tertiary/aromatic N) is 1. The first-order valence-corrected chi connectivity index (χ1v) is 8.16. The maximum Gasteiger partial charge on any atom is 0.0587 e. The summed E-state index contributed by atoms with van der Waals surface area (Å²) in [7, 11) is 1.76. The molecular weight excluding hydrogens is 236 g/mol. The Balaban J connectivity index is 2.00. The molecule has 1 heterocycles. The molecule has 0 aromatic carbocycles. The van der Waals surface area contributed by atoms with E-state index in [4.69, 9.17) is 4.74 Å². The molecule has 0 aliphatic carbocycles. The van der Waals surface area contributed by atoms with E-state index < -0.39 is 0 Å². The van der Waals surface area contributed by atoms with Crippen molar-refractivity contribution in [2.24, 2.45) is 11.8 Å². The Labute approximate surface area is 120 Å². The minimum atomic E-state index is 0.822. The molecular formula is C16H34N2O. The maximum atomic E-state index is 5.02. The fourth-order valence-corrected chi connectivity index (χ4v) is 2.96. The molecule has 114 valence electrons. The van der Waals surface area contributed by atoms with Crippen LogP contribution < -0.4 is 5.32 Å². The number of hydrogen-bond acceptors (Lipinski definition) is 3. The lowest BCUT2D eigenvalue weighted by molar-refractivity contribution is 0.199. The SMILES string of the molecule is COCCNCCCCN1CCCC(C(C)C)CC1. The lowest BCUT2D eigenvalue weighted by Crippen LogP contribution is -2.27. The summed E-state index contributed by atoms with van der Waals surface area (Å²) < 4.78 is 5.02.